The molecule has 0 amide bonds. The summed E-state index contributed by atoms with van der Waals surface area (Å²) < 4.78 is 43.7. The summed E-state index contributed by atoms with van der Waals surface area (Å²) in [4.78, 5) is 11.5. The van der Waals surface area contributed by atoms with Gasteiger partial charge in [0.1, 0.15) is 5.56 Å². The average Bonchev–Trinajstić information content (AvgIpc) is 2.58. The summed E-state index contributed by atoms with van der Waals surface area (Å²) in [5, 5.41) is 12.9. The van der Waals surface area contributed by atoms with Gasteiger partial charge in [0.15, 0.2) is 5.69 Å². The van der Waals surface area contributed by atoms with E-state index >= 15 is 0 Å². The molecule has 5 nitrogen and oxygen atoms in total. The minimum Gasteiger partial charge on any atom is -0.462 e. The molecule has 0 saturated heterocycles. The minimum absolute atomic E-state index is 0.0349. The Bertz CT molecular complexity index is 461. The second-order valence-corrected chi connectivity index (χ2v) is 4.62. The van der Waals surface area contributed by atoms with Gasteiger partial charge < -0.3 is 9.84 Å². The standard InChI is InChI=1S/C11H15F3N2O3/c1-4-19-9(17)7-5-16(6-10(2,3)18)15-8(7)11(12,13)14/h5,18H,4,6H2,1-3H3. The van der Waals surface area contributed by atoms with Gasteiger partial charge in [-0.3, -0.25) is 4.68 Å². The molecule has 19 heavy (non-hydrogen) atoms. The molecule has 0 atom stereocenters. The van der Waals surface area contributed by atoms with Gasteiger partial charge in [0.25, 0.3) is 0 Å². The SMILES string of the molecule is CCOC(=O)c1cn(CC(C)(C)O)nc1C(F)(F)F. The van der Waals surface area contributed by atoms with Crippen molar-refractivity contribution >= 4 is 5.97 Å². The highest BCUT2D eigenvalue weighted by atomic mass is 19.4. The van der Waals surface area contributed by atoms with Crippen LogP contribution >= 0.6 is 0 Å². The van der Waals surface area contributed by atoms with Gasteiger partial charge in [0, 0.05) is 6.20 Å². The van der Waals surface area contributed by atoms with Crippen LogP contribution < -0.4 is 0 Å². The number of aliphatic hydroxyl groups is 1. The molecule has 0 bridgehead atoms. The summed E-state index contributed by atoms with van der Waals surface area (Å²) in [6.07, 6.45) is -3.83. The molecule has 0 aliphatic rings. The normalized spacial score (nSPS) is 12.6. The lowest BCUT2D eigenvalue weighted by Gasteiger charge is -2.16. The number of carbonyl (C=O) groups excluding carboxylic acids is 1. The predicted octanol–water partition coefficient (Wildman–Crippen LogP) is 1.85. The summed E-state index contributed by atoms with van der Waals surface area (Å²) in [5.41, 5.74) is -3.21. The van der Waals surface area contributed by atoms with E-state index in [1.54, 1.807) is 0 Å². The molecule has 0 radical (unpaired) electrons. The molecule has 0 spiro atoms. The van der Waals surface area contributed by atoms with Gasteiger partial charge in [-0.2, -0.15) is 18.3 Å². The number of hydrogen-bond acceptors (Lipinski definition) is 4. The first kappa shape index (κ1) is 15.5. The number of halogens is 3. The van der Waals surface area contributed by atoms with E-state index in [4.69, 9.17) is 0 Å². The Kier molecular flexibility index (Phi) is 4.24. The molecule has 0 aliphatic heterocycles. The summed E-state index contributed by atoms with van der Waals surface area (Å²) in [7, 11) is 0. The molecule has 1 heterocycles. The van der Waals surface area contributed by atoms with E-state index in [-0.39, 0.29) is 13.2 Å². The zero-order valence-electron chi connectivity index (χ0n) is 10.8. The third kappa shape index (κ3) is 4.23. The van der Waals surface area contributed by atoms with Gasteiger partial charge in [-0.15, -0.1) is 0 Å². The topological polar surface area (TPSA) is 64.3 Å². The van der Waals surface area contributed by atoms with Crippen molar-refractivity contribution in [2.75, 3.05) is 6.61 Å². The van der Waals surface area contributed by atoms with Gasteiger partial charge in [-0.05, 0) is 20.8 Å². The van der Waals surface area contributed by atoms with Crippen LogP contribution in [0.1, 0.15) is 36.8 Å². The smallest absolute Gasteiger partial charge is 0.436 e. The quantitative estimate of drug-likeness (QED) is 0.855. The number of hydrogen-bond donors (Lipinski definition) is 1. The lowest BCUT2D eigenvalue weighted by atomic mass is 10.1. The second-order valence-electron chi connectivity index (χ2n) is 4.62. The van der Waals surface area contributed by atoms with Crippen molar-refractivity contribution in [1.29, 1.82) is 0 Å². The van der Waals surface area contributed by atoms with Crippen LogP contribution in [0.3, 0.4) is 0 Å². The van der Waals surface area contributed by atoms with Crippen molar-refractivity contribution in [3.05, 3.63) is 17.5 Å². The zero-order chi connectivity index (χ0) is 14.8. The molecule has 1 aromatic rings. The predicted molar refractivity (Wildman–Crippen MR) is 59.5 cm³/mol. The number of aromatic nitrogens is 2. The van der Waals surface area contributed by atoms with Gasteiger partial charge in [-0.1, -0.05) is 0 Å². The number of carbonyl (C=O) groups is 1. The summed E-state index contributed by atoms with van der Waals surface area (Å²) in [5.74, 6) is -1.09. The van der Waals surface area contributed by atoms with Crippen LogP contribution in [-0.4, -0.2) is 33.1 Å². The molecule has 1 N–H and O–H groups in total. The fourth-order valence-corrected chi connectivity index (χ4v) is 1.47. The maximum absolute atomic E-state index is 12.7. The van der Waals surface area contributed by atoms with Crippen molar-refractivity contribution in [3.8, 4) is 0 Å². The van der Waals surface area contributed by atoms with Gasteiger partial charge in [0.2, 0.25) is 0 Å². The van der Waals surface area contributed by atoms with E-state index < -0.39 is 29.0 Å². The van der Waals surface area contributed by atoms with Crippen LogP contribution in [-0.2, 0) is 17.5 Å². The highest BCUT2D eigenvalue weighted by molar-refractivity contribution is 5.90. The largest absolute Gasteiger partial charge is 0.462 e. The van der Waals surface area contributed by atoms with Crippen LogP contribution in [0.15, 0.2) is 6.20 Å². The Morgan fingerprint density at radius 1 is 1.47 bits per heavy atom. The van der Waals surface area contributed by atoms with Crippen molar-refractivity contribution in [3.63, 3.8) is 0 Å². The highest BCUT2D eigenvalue weighted by Gasteiger charge is 2.40. The summed E-state index contributed by atoms with van der Waals surface area (Å²) in [6, 6.07) is 0. The Morgan fingerprint density at radius 3 is 2.47 bits per heavy atom. The molecule has 0 aromatic carbocycles. The Hall–Kier alpha value is -1.57. The zero-order valence-corrected chi connectivity index (χ0v) is 10.8. The van der Waals surface area contributed by atoms with Crippen molar-refractivity contribution in [2.45, 2.75) is 39.1 Å². The summed E-state index contributed by atoms with van der Waals surface area (Å²) in [6.45, 7) is 4.13. The van der Waals surface area contributed by atoms with Crippen LogP contribution in [0, 0.1) is 0 Å². The third-order valence-electron chi connectivity index (χ3n) is 2.07. The highest BCUT2D eigenvalue weighted by Crippen LogP contribution is 2.31. The molecule has 1 aromatic heterocycles. The lowest BCUT2D eigenvalue weighted by molar-refractivity contribution is -0.142. The van der Waals surface area contributed by atoms with Crippen molar-refractivity contribution < 1.29 is 27.8 Å². The van der Waals surface area contributed by atoms with E-state index in [1.165, 1.54) is 20.8 Å². The first-order chi connectivity index (χ1) is 8.54. The van der Waals surface area contributed by atoms with Crippen molar-refractivity contribution in [2.24, 2.45) is 0 Å². The van der Waals surface area contributed by atoms with E-state index in [9.17, 15) is 23.1 Å². The van der Waals surface area contributed by atoms with E-state index in [0.29, 0.717) is 0 Å². The fourth-order valence-electron chi connectivity index (χ4n) is 1.47. The van der Waals surface area contributed by atoms with E-state index in [1.807, 2.05) is 0 Å². The molecule has 108 valence electrons. The van der Waals surface area contributed by atoms with Crippen molar-refractivity contribution in [1.82, 2.24) is 9.78 Å². The number of ether oxygens (including phenoxy) is 1. The number of esters is 1. The fraction of sp³-hybridized carbons (Fsp3) is 0.636. The molecule has 8 heteroatoms. The lowest BCUT2D eigenvalue weighted by Crippen LogP contribution is -2.26. The maximum Gasteiger partial charge on any atom is 0.436 e. The Morgan fingerprint density at radius 2 is 2.05 bits per heavy atom. The third-order valence-corrected chi connectivity index (χ3v) is 2.07. The minimum atomic E-state index is -4.76. The number of rotatable bonds is 4. The first-order valence-corrected chi connectivity index (χ1v) is 5.58. The molecule has 0 fully saturated rings. The van der Waals surface area contributed by atoms with E-state index in [2.05, 4.69) is 9.84 Å². The molecule has 0 aliphatic carbocycles. The van der Waals surface area contributed by atoms with Gasteiger partial charge >= 0.3 is 12.1 Å². The molecule has 0 saturated carbocycles. The first-order valence-electron chi connectivity index (χ1n) is 5.58. The Balaban J connectivity index is 3.17. The Labute approximate surface area is 108 Å². The van der Waals surface area contributed by atoms with Crippen LogP contribution in [0.5, 0.6) is 0 Å². The average molecular weight is 280 g/mol. The summed E-state index contributed by atoms with van der Waals surface area (Å²) >= 11 is 0. The second kappa shape index (κ2) is 5.20. The van der Waals surface area contributed by atoms with E-state index in [0.717, 1.165) is 10.9 Å². The monoisotopic (exact) mass is 280 g/mol. The molecule has 0 unspecified atom stereocenters. The van der Waals surface area contributed by atoms with Crippen LogP contribution in [0.4, 0.5) is 13.2 Å². The number of alkyl halides is 3. The van der Waals surface area contributed by atoms with Gasteiger partial charge in [0.05, 0.1) is 18.8 Å². The number of nitrogens with zero attached hydrogens (tertiary/aromatic N) is 2. The van der Waals surface area contributed by atoms with Crippen LogP contribution in [0.25, 0.3) is 0 Å². The maximum atomic E-state index is 12.7. The molecular weight excluding hydrogens is 265 g/mol. The van der Waals surface area contributed by atoms with Gasteiger partial charge in [-0.25, -0.2) is 4.79 Å². The van der Waals surface area contributed by atoms with Crippen LogP contribution in [0.2, 0.25) is 0 Å². The molecular formula is C11H15F3N2O3. The molecule has 1 rings (SSSR count).